The van der Waals surface area contributed by atoms with Crippen LogP contribution in [0.5, 0.6) is 0 Å². The van der Waals surface area contributed by atoms with E-state index in [1.54, 1.807) is 11.1 Å². The summed E-state index contributed by atoms with van der Waals surface area (Å²) in [6, 6.07) is 4.44. The number of carbonyl (C=O) groups is 1. The fraction of sp³-hybridized carbons (Fsp3) is 0.577. The van der Waals surface area contributed by atoms with Gasteiger partial charge in [-0.2, -0.15) is 5.10 Å². The van der Waals surface area contributed by atoms with Crippen molar-refractivity contribution in [2.45, 2.75) is 51.5 Å². The number of likely N-dealkylation sites (tertiary alicyclic amines) is 1. The maximum absolute atomic E-state index is 13.7. The highest BCUT2D eigenvalue weighted by molar-refractivity contribution is 5.89. The molecule has 2 amide bonds. The quantitative estimate of drug-likeness (QED) is 0.539. The normalized spacial score (nSPS) is 26.4. The molecule has 3 aromatic rings. The Bertz CT molecular complexity index is 1290. The number of nitrogens with zero attached hydrogens (tertiary/aromatic N) is 8. The molecule has 4 atom stereocenters. The smallest absolute Gasteiger partial charge is 0.320 e. The van der Waals surface area contributed by atoms with Crippen molar-refractivity contribution in [1.29, 1.82) is 0 Å². The number of aromatic nitrogens is 5. The molecule has 3 fully saturated rings. The highest BCUT2D eigenvalue weighted by Crippen LogP contribution is 2.29. The zero-order valence-corrected chi connectivity index (χ0v) is 22.1. The average molecular weight is 523 g/mol. The first-order chi connectivity index (χ1) is 18.4. The number of anilines is 2. The third-order valence-corrected chi connectivity index (χ3v) is 7.82. The number of aromatic amines is 1. The lowest BCUT2D eigenvalue weighted by Crippen LogP contribution is -2.60. The molecule has 12 heteroatoms. The maximum atomic E-state index is 13.7. The summed E-state index contributed by atoms with van der Waals surface area (Å²) in [5, 5.41) is 11.0. The van der Waals surface area contributed by atoms with E-state index in [0.717, 1.165) is 47.7 Å². The van der Waals surface area contributed by atoms with Crippen LogP contribution in [0.25, 0.3) is 22.3 Å². The zero-order valence-electron chi connectivity index (χ0n) is 22.1. The lowest BCUT2D eigenvalue weighted by Gasteiger charge is -2.45. The topological polar surface area (TPSA) is 109 Å². The average Bonchev–Trinajstić information content (AvgIpc) is 3.54. The van der Waals surface area contributed by atoms with Gasteiger partial charge in [-0.3, -0.25) is 5.10 Å². The number of urea groups is 1. The van der Waals surface area contributed by atoms with Crippen LogP contribution in [0.3, 0.4) is 0 Å². The van der Waals surface area contributed by atoms with Gasteiger partial charge in [0.05, 0.1) is 12.7 Å². The van der Waals surface area contributed by atoms with Crippen molar-refractivity contribution >= 4 is 28.8 Å². The van der Waals surface area contributed by atoms with Gasteiger partial charge in [-0.05, 0) is 39.3 Å². The second-order valence-corrected chi connectivity index (χ2v) is 10.8. The van der Waals surface area contributed by atoms with E-state index in [1.807, 2.05) is 23.2 Å². The number of amides is 2. The van der Waals surface area contributed by atoms with E-state index in [1.165, 1.54) is 0 Å². The van der Waals surface area contributed by atoms with Crippen molar-refractivity contribution in [3.8, 4) is 11.3 Å². The fourth-order valence-electron chi connectivity index (χ4n) is 5.95. The molecule has 3 aliphatic heterocycles. The number of fused-ring (bicyclic) bond motifs is 1. The number of alkyl halides is 1. The van der Waals surface area contributed by atoms with Gasteiger partial charge in [0.2, 0.25) is 5.95 Å². The third-order valence-electron chi connectivity index (χ3n) is 7.82. The van der Waals surface area contributed by atoms with E-state index in [0.29, 0.717) is 38.0 Å². The first-order valence-corrected chi connectivity index (χ1v) is 13.5. The Balaban J connectivity index is 1.21. The van der Waals surface area contributed by atoms with Crippen molar-refractivity contribution in [3.05, 3.63) is 24.5 Å². The molecule has 3 saturated heterocycles. The van der Waals surface area contributed by atoms with Gasteiger partial charge in [0.15, 0.2) is 0 Å². The summed E-state index contributed by atoms with van der Waals surface area (Å²) in [7, 11) is 0. The summed E-state index contributed by atoms with van der Waals surface area (Å²) in [5.41, 5.74) is 3.12. The molecule has 0 aliphatic carbocycles. The van der Waals surface area contributed by atoms with E-state index in [4.69, 9.17) is 9.97 Å². The molecular formula is C26H35FN10O. The lowest BCUT2D eigenvalue weighted by molar-refractivity contribution is 0.141. The van der Waals surface area contributed by atoms with Crippen molar-refractivity contribution in [2.75, 3.05) is 55.6 Å². The molecule has 0 radical (unpaired) electrons. The molecule has 0 bridgehead atoms. The second kappa shape index (κ2) is 9.97. The summed E-state index contributed by atoms with van der Waals surface area (Å²) in [4.78, 5) is 35.2. The Morgan fingerprint density at radius 3 is 2.50 bits per heavy atom. The van der Waals surface area contributed by atoms with E-state index in [9.17, 15) is 9.18 Å². The maximum Gasteiger partial charge on any atom is 0.320 e. The van der Waals surface area contributed by atoms with Crippen molar-refractivity contribution in [2.24, 2.45) is 0 Å². The molecule has 6 rings (SSSR count). The predicted octanol–water partition coefficient (Wildman–Crippen LogP) is 2.28. The van der Waals surface area contributed by atoms with Gasteiger partial charge >= 0.3 is 6.03 Å². The Morgan fingerprint density at radius 1 is 1.00 bits per heavy atom. The first-order valence-electron chi connectivity index (χ1n) is 13.5. The number of halogens is 1. The van der Waals surface area contributed by atoms with Crippen molar-refractivity contribution in [1.82, 2.24) is 40.3 Å². The highest BCUT2D eigenvalue weighted by atomic mass is 19.1. The number of carbonyl (C=O) groups excluding carboxylic acids is 1. The molecule has 38 heavy (non-hydrogen) atoms. The molecule has 11 nitrogen and oxygen atoms in total. The third kappa shape index (κ3) is 4.61. The van der Waals surface area contributed by atoms with Gasteiger partial charge < -0.3 is 24.9 Å². The number of hydrogen-bond acceptors (Lipinski definition) is 8. The molecule has 0 aromatic carbocycles. The van der Waals surface area contributed by atoms with Gasteiger partial charge in [-0.25, -0.2) is 24.1 Å². The van der Waals surface area contributed by atoms with E-state index < -0.39 is 6.17 Å². The lowest BCUT2D eigenvalue weighted by atomic mass is 10.1. The molecule has 3 aromatic heterocycles. The summed E-state index contributed by atoms with van der Waals surface area (Å²) in [6.07, 6.45) is 3.12. The Hall–Kier alpha value is -3.54. The van der Waals surface area contributed by atoms with Gasteiger partial charge in [-0.15, -0.1) is 0 Å². The SMILES string of the molecule is CC1CN(c2ccc(-c3n[nH]c4cnc(N5[C@H](C)CN(C(=O)N6CCC(F)C6)C[C@@H]5C)nc34)cn2)CCN1. The first kappa shape index (κ1) is 24.8. The molecule has 6 heterocycles. The van der Waals surface area contributed by atoms with E-state index >= 15 is 0 Å². The highest BCUT2D eigenvalue weighted by Gasteiger charge is 2.37. The van der Waals surface area contributed by atoms with Crippen LogP contribution in [0, 0.1) is 0 Å². The largest absolute Gasteiger partial charge is 0.354 e. The molecule has 3 aliphatic rings. The minimum Gasteiger partial charge on any atom is -0.354 e. The van der Waals surface area contributed by atoms with Gasteiger partial charge in [0.1, 0.15) is 28.7 Å². The van der Waals surface area contributed by atoms with E-state index in [2.05, 4.69) is 51.1 Å². The second-order valence-electron chi connectivity index (χ2n) is 10.8. The number of H-pyrrole nitrogens is 1. The Morgan fingerprint density at radius 2 is 1.82 bits per heavy atom. The summed E-state index contributed by atoms with van der Waals surface area (Å²) >= 11 is 0. The van der Waals surface area contributed by atoms with Gasteiger partial charge in [-0.1, -0.05) is 0 Å². The monoisotopic (exact) mass is 522 g/mol. The Kier molecular flexibility index (Phi) is 6.50. The molecular weight excluding hydrogens is 487 g/mol. The van der Waals surface area contributed by atoms with Crippen molar-refractivity contribution in [3.63, 3.8) is 0 Å². The standard InChI is InChI=1S/C26H35FN10O/c1-16-12-34(9-7-28-16)22-5-4-19(10-29-22)23-24-21(32-33-23)11-30-25(31-24)37-17(2)13-36(14-18(37)3)26(38)35-8-6-20(27)15-35/h4-5,10-11,16-18,20,28H,6-9,12-15H2,1-3H3,(H,32,33)/t16?,17-,18+,20?. The molecule has 202 valence electrons. The molecule has 2 N–H and O–H groups in total. The number of piperazine rings is 2. The number of rotatable bonds is 3. The van der Waals surface area contributed by atoms with Crippen molar-refractivity contribution < 1.29 is 9.18 Å². The minimum atomic E-state index is -0.920. The van der Waals surface area contributed by atoms with E-state index in [-0.39, 0.29) is 24.7 Å². The predicted molar refractivity (Wildman–Crippen MR) is 144 cm³/mol. The molecule has 0 saturated carbocycles. The van der Waals surface area contributed by atoms with Gasteiger partial charge in [0, 0.05) is 69.2 Å². The zero-order chi connectivity index (χ0) is 26.4. The summed E-state index contributed by atoms with van der Waals surface area (Å²) in [5.74, 6) is 1.57. The minimum absolute atomic E-state index is 0.00153. The van der Waals surface area contributed by atoms with Crippen LogP contribution >= 0.6 is 0 Å². The van der Waals surface area contributed by atoms with Crippen LogP contribution in [-0.4, -0.2) is 111 Å². The van der Waals surface area contributed by atoms with Crippen LogP contribution in [0.1, 0.15) is 27.2 Å². The van der Waals surface area contributed by atoms with Crippen LogP contribution in [0.15, 0.2) is 24.5 Å². The number of nitrogens with one attached hydrogen (secondary N) is 2. The fourth-order valence-corrected chi connectivity index (χ4v) is 5.95. The summed E-state index contributed by atoms with van der Waals surface area (Å²) < 4.78 is 13.7. The van der Waals surface area contributed by atoms with Crippen LogP contribution in [-0.2, 0) is 0 Å². The molecule has 2 unspecified atom stereocenters. The van der Waals surface area contributed by atoms with Crippen LogP contribution < -0.4 is 15.1 Å². The number of pyridine rings is 1. The van der Waals surface area contributed by atoms with Crippen LogP contribution in [0.4, 0.5) is 21.0 Å². The van der Waals surface area contributed by atoms with Crippen LogP contribution in [0.2, 0.25) is 0 Å². The Labute approximate surface area is 221 Å². The summed E-state index contributed by atoms with van der Waals surface area (Å²) in [6.45, 7) is 10.9. The number of hydrogen-bond donors (Lipinski definition) is 2. The molecule has 0 spiro atoms. The van der Waals surface area contributed by atoms with Gasteiger partial charge in [0.25, 0.3) is 0 Å².